The van der Waals surface area contributed by atoms with Gasteiger partial charge in [0, 0.05) is 25.2 Å². The molecule has 0 saturated heterocycles. The zero-order valence-corrected chi connectivity index (χ0v) is 13.8. The van der Waals surface area contributed by atoms with Crippen LogP contribution >= 0.6 is 0 Å². The number of carbonyl (C=O) groups is 1. The SMILES string of the molecule is CNc1nc(C(=O)NCc2ccc(F)cc2)c(OC)c2ncccc12. The minimum atomic E-state index is -0.398. The first-order valence-electron chi connectivity index (χ1n) is 7.67. The van der Waals surface area contributed by atoms with Crippen molar-refractivity contribution in [3.05, 3.63) is 59.7 Å². The number of carbonyl (C=O) groups excluding carboxylic acids is 1. The van der Waals surface area contributed by atoms with Crippen LogP contribution in [0.25, 0.3) is 10.9 Å². The highest BCUT2D eigenvalue weighted by atomic mass is 19.1. The molecular formula is C18H17FN4O2. The van der Waals surface area contributed by atoms with Crippen LogP contribution < -0.4 is 15.4 Å². The number of methoxy groups -OCH3 is 1. The molecule has 0 atom stereocenters. The molecule has 3 aromatic rings. The van der Waals surface area contributed by atoms with Crippen molar-refractivity contribution in [2.45, 2.75) is 6.54 Å². The van der Waals surface area contributed by atoms with Crippen molar-refractivity contribution < 1.29 is 13.9 Å². The van der Waals surface area contributed by atoms with Crippen molar-refractivity contribution in [3.8, 4) is 5.75 Å². The van der Waals surface area contributed by atoms with Gasteiger partial charge in [-0.3, -0.25) is 9.78 Å². The van der Waals surface area contributed by atoms with Gasteiger partial charge >= 0.3 is 0 Å². The van der Waals surface area contributed by atoms with Crippen LogP contribution in [-0.4, -0.2) is 30.0 Å². The van der Waals surface area contributed by atoms with Crippen molar-refractivity contribution in [2.75, 3.05) is 19.5 Å². The van der Waals surface area contributed by atoms with Gasteiger partial charge in [-0.05, 0) is 29.8 Å². The Labute approximate surface area is 144 Å². The van der Waals surface area contributed by atoms with Gasteiger partial charge in [-0.1, -0.05) is 12.1 Å². The van der Waals surface area contributed by atoms with Crippen molar-refractivity contribution in [3.63, 3.8) is 0 Å². The van der Waals surface area contributed by atoms with E-state index in [1.165, 1.54) is 19.2 Å². The molecule has 0 radical (unpaired) electrons. The Morgan fingerprint density at radius 3 is 2.68 bits per heavy atom. The normalized spacial score (nSPS) is 10.5. The van der Waals surface area contributed by atoms with Gasteiger partial charge < -0.3 is 15.4 Å². The third kappa shape index (κ3) is 3.35. The van der Waals surface area contributed by atoms with Gasteiger partial charge in [0.05, 0.1) is 7.11 Å². The largest absolute Gasteiger partial charge is 0.492 e. The van der Waals surface area contributed by atoms with Crippen molar-refractivity contribution in [1.29, 1.82) is 0 Å². The van der Waals surface area contributed by atoms with E-state index in [4.69, 9.17) is 4.74 Å². The molecule has 2 N–H and O–H groups in total. The second kappa shape index (κ2) is 7.12. The maximum absolute atomic E-state index is 13.0. The zero-order valence-electron chi connectivity index (χ0n) is 13.8. The van der Waals surface area contributed by atoms with Crippen LogP contribution in [0, 0.1) is 5.82 Å². The predicted molar refractivity (Wildman–Crippen MR) is 93.2 cm³/mol. The predicted octanol–water partition coefficient (Wildman–Crippen LogP) is 2.75. The molecule has 7 heteroatoms. The second-order valence-electron chi connectivity index (χ2n) is 5.30. The van der Waals surface area contributed by atoms with Gasteiger partial charge in [-0.2, -0.15) is 0 Å². The third-order valence-electron chi connectivity index (χ3n) is 3.74. The first-order valence-corrected chi connectivity index (χ1v) is 7.67. The summed E-state index contributed by atoms with van der Waals surface area (Å²) >= 11 is 0. The van der Waals surface area contributed by atoms with Gasteiger partial charge in [-0.15, -0.1) is 0 Å². The summed E-state index contributed by atoms with van der Waals surface area (Å²) in [6, 6.07) is 9.56. The number of amides is 1. The number of fused-ring (bicyclic) bond motifs is 1. The molecule has 0 unspecified atom stereocenters. The van der Waals surface area contributed by atoms with E-state index in [9.17, 15) is 9.18 Å². The first-order chi connectivity index (χ1) is 12.1. The fourth-order valence-corrected chi connectivity index (χ4v) is 2.52. The van der Waals surface area contributed by atoms with E-state index >= 15 is 0 Å². The lowest BCUT2D eigenvalue weighted by Gasteiger charge is -2.13. The Hall–Kier alpha value is -3.22. The highest BCUT2D eigenvalue weighted by Gasteiger charge is 2.20. The Bertz CT molecular complexity index is 913. The summed E-state index contributed by atoms with van der Waals surface area (Å²) in [6.45, 7) is 0.249. The minimum Gasteiger partial charge on any atom is -0.492 e. The Morgan fingerprint density at radius 1 is 1.24 bits per heavy atom. The summed E-state index contributed by atoms with van der Waals surface area (Å²) in [5.74, 6) is 0.130. The van der Waals surface area contributed by atoms with E-state index in [1.54, 1.807) is 31.4 Å². The van der Waals surface area contributed by atoms with Crippen LogP contribution in [0.4, 0.5) is 10.2 Å². The Balaban J connectivity index is 1.93. The second-order valence-corrected chi connectivity index (χ2v) is 5.30. The number of nitrogens with one attached hydrogen (secondary N) is 2. The molecule has 1 amide bonds. The van der Waals surface area contributed by atoms with E-state index in [0.29, 0.717) is 17.1 Å². The third-order valence-corrected chi connectivity index (χ3v) is 3.74. The van der Waals surface area contributed by atoms with E-state index in [0.717, 1.165) is 10.9 Å². The van der Waals surface area contributed by atoms with Crippen LogP contribution in [0.2, 0.25) is 0 Å². The van der Waals surface area contributed by atoms with Crippen LogP contribution in [0.5, 0.6) is 5.75 Å². The fourth-order valence-electron chi connectivity index (χ4n) is 2.52. The summed E-state index contributed by atoms with van der Waals surface area (Å²) in [5, 5.41) is 6.50. The smallest absolute Gasteiger partial charge is 0.274 e. The maximum atomic E-state index is 13.0. The van der Waals surface area contributed by atoms with Crippen LogP contribution in [0.1, 0.15) is 16.1 Å². The average Bonchev–Trinajstić information content (AvgIpc) is 2.65. The molecule has 0 spiro atoms. The molecule has 3 rings (SSSR count). The Kier molecular flexibility index (Phi) is 4.74. The molecule has 2 aromatic heterocycles. The van der Waals surface area contributed by atoms with Gasteiger partial charge in [-0.25, -0.2) is 9.37 Å². The number of aromatic nitrogens is 2. The molecule has 25 heavy (non-hydrogen) atoms. The number of halogens is 1. The summed E-state index contributed by atoms with van der Waals surface area (Å²) in [6.07, 6.45) is 1.63. The molecule has 0 aliphatic heterocycles. The summed E-state index contributed by atoms with van der Waals surface area (Å²) < 4.78 is 18.3. The molecule has 0 aliphatic rings. The van der Waals surface area contributed by atoms with Gasteiger partial charge in [0.2, 0.25) is 0 Å². The number of nitrogens with zero attached hydrogens (tertiary/aromatic N) is 2. The number of rotatable bonds is 5. The molecule has 0 bridgehead atoms. The lowest BCUT2D eigenvalue weighted by Crippen LogP contribution is -2.25. The van der Waals surface area contributed by atoms with Crippen molar-refractivity contribution >= 4 is 22.6 Å². The van der Waals surface area contributed by atoms with Crippen molar-refractivity contribution in [1.82, 2.24) is 15.3 Å². The molecule has 0 aliphatic carbocycles. The van der Waals surface area contributed by atoms with E-state index in [-0.39, 0.29) is 18.1 Å². The quantitative estimate of drug-likeness (QED) is 0.747. The Morgan fingerprint density at radius 2 is 2.00 bits per heavy atom. The van der Waals surface area contributed by atoms with Gasteiger partial charge in [0.15, 0.2) is 11.4 Å². The van der Waals surface area contributed by atoms with Crippen LogP contribution in [0.15, 0.2) is 42.6 Å². The summed E-state index contributed by atoms with van der Waals surface area (Å²) in [4.78, 5) is 21.3. The number of hydrogen-bond acceptors (Lipinski definition) is 5. The fraction of sp³-hybridized carbons (Fsp3) is 0.167. The molecule has 1 aromatic carbocycles. The molecule has 6 nitrogen and oxygen atoms in total. The lowest BCUT2D eigenvalue weighted by molar-refractivity contribution is 0.0943. The van der Waals surface area contributed by atoms with E-state index in [2.05, 4.69) is 20.6 Å². The van der Waals surface area contributed by atoms with E-state index < -0.39 is 5.91 Å². The monoisotopic (exact) mass is 340 g/mol. The number of anilines is 1. The number of pyridine rings is 2. The lowest BCUT2D eigenvalue weighted by atomic mass is 10.2. The van der Waals surface area contributed by atoms with E-state index in [1.807, 2.05) is 6.07 Å². The molecule has 0 saturated carbocycles. The summed E-state index contributed by atoms with van der Waals surface area (Å²) in [7, 11) is 3.20. The molecule has 0 fully saturated rings. The molecule has 128 valence electrons. The first kappa shape index (κ1) is 16.6. The zero-order chi connectivity index (χ0) is 17.8. The molecule has 2 heterocycles. The van der Waals surface area contributed by atoms with Crippen LogP contribution in [0.3, 0.4) is 0 Å². The topological polar surface area (TPSA) is 76.1 Å². The number of ether oxygens (including phenoxy) is 1. The molecular weight excluding hydrogens is 323 g/mol. The highest BCUT2D eigenvalue weighted by Crippen LogP contribution is 2.31. The average molecular weight is 340 g/mol. The minimum absolute atomic E-state index is 0.139. The van der Waals surface area contributed by atoms with Crippen molar-refractivity contribution in [2.24, 2.45) is 0 Å². The van der Waals surface area contributed by atoms with Gasteiger partial charge in [0.1, 0.15) is 17.2 Å². The standard InChI is InChI=1S/C18H17FN4O2/c1-20-17-13-4-3-9-21-14(13)16(25-2)15(23-17)18(24)22-10-11-5-7-12(19)8-6-11/h3-9H,10H2,1-2H3,(H,20,23)(H,22,24). The van der Waals surface area contributed by atoms with Gasteiger partial charge in [0.25, 0.3) is 5.91 Å². The van der Waals surface area contributed by atoms with Crippen LogP contribution in [-0.2, 0) is 6.54 Å². The summed E-state index contributed by atoms with van der Waals surface area (Å²) in [5.41, 5.74) is 1.47. The highest BCUT2D eigenvalue weighted by molar-refractivity contribution is 6.03. The number of benzene rings is 1. The maximum Gasteiger partial charge on any atom is 0.274 e. The number of hydrogen-bond donors (Lipinski definition) is 2.